The maximum absolute atomic E-state index is 11.6. The highest BCUT2D eigenvalue weighted by Crippen LogP contribution is 2.22. The second-order valence-corrected chi connectivity index (χ2v) is 2.24. The Hall–Kier alpha value is -1.04. The zero-order valence-electron chi connectivity index (χ0n) is 6.89. The summed E-state index contributed by atoms with van der Waals surface area (Å²) in [5.41, 5.74) is 0. The molecule has 76 valence electrons. The SMILES string of the molecule is COCCC(=O)/C=C(/O)C(F)(F)F. The maximum atomic E-state index is 11.6. The Morgan fingerprint density at radius 2 is 2.08 bits per heavy atom. The zero-order valence-corrected chi connectivity index (χ0v) is 6.89. The number of rotatable bonds is 4. The summed E-state index contributed by atoms with van der Waals surface area (Å²) in [5, 5.41) is 8.33. The molecule has 0 saturated carbocycles. The van der Waals surface area contributed by atoms with Gasteiger partial charge in [-0.2, -0.15) is 13.2 Å². The molecule has 0 aromatic rings. The number of aliphatic hydroxyl groups is 1. The van der Waals surface area contributed by atoms with Gasteiger partial charge in [0.1, 0.15) is 0 Å². The summed E-state index contributed by atoms with van der Waals surface area (Å²) in [7, 11) is 1.32. The minimum absolute atomic E-state index is 0.0282. The molecule has 0 aromatic heterocycles. The molecular weight excluding hydrogens is 189 g/mol. The third kappa shape index (κ3) is 5.24. The van der Waals surface area contributed by atoms with Gasteiger partial charge in [0.25, 0.3) is 0 Å². The van der Waals surface area contributed by atoms with E-state index in [2.05, 4.69) is 4.74 Å². The molecule has 6 heteroatoms. The lowest BCUT2D eigenvalue weighted by Gasteiger charge is -2.03. The summed E-state index contributed by atoms with van der Waals surface area (Å²) < 4.78 is 39.4. The summed E-state index contributed by atoms with van der Waals surface area (Å²) in [4.78, 5) is 10.6. The quantitative estimate of drug-likeness (QED) is 0.551. The molecule has 0 radical (unpaired) electrons. The molecule has 13 heavy (non-hydrogen) atoms. The zero-order chi connectivity index (χ0) is 10.5. The molecule has 0 fully saturated rings. The number of hydrogen-bond donors (Lipinski definition) is 1. The number of methoxy groups -OCH3 is 1. The molecule has 0 atom stereocenters. The van der Waals surface area contributed by atoms with Crippen LogP contribution in [0.4, 0.5) is 13.2 Å². The summed E-state index contributed by atoms with van der Waals surface area (Å²) in [5.74, 6) is -2.70. The van der Waals surface area contributed by atoms with E-state index in [1.807, 2.05) is 0 Å². The van der Waals surface area contributed by atoms with Gasteiger partial charge in [-0.15, -0.1) is 0 Å². The van der Waals surface area contributed by atoms with Crippen molar-refractivity contribution >= 4 is 5.78 Å². The maximum Gasteiger partial charge on any atom is 0.448 e. The van der Waals surface area contributed by atoms with Crippen LogP contribution in [0.3, 0.4) is 0 Å². The number of allylic oxidation sites excluding steroid dienone is 2. The Morgan fingerprint density at radius 1 is 1.54 bits per heavy atom. The van der Waals surface area contributed by atoms with Gasteiger partial charge in [-0.25, -0.2) is 0 Å². The van der Waals surface area contributed by atoms with Crippen molar-refractivity contribution in [1.29, 1.82) is 0 Å². The second kappa shape index (κ2) is 4.86. The minimum atomic E-state index is -4.86. The van der Waals surface area contributed by atoms with Crippen LogP contribution in [0.1, 0.15) is 6.42 Å². The number of hydrogen-bond acceptors (Lipinski definition) is 3. The lowest BCUT2D eigenvalue weighted by atomic mass is 10.2. The van der Waals surface area contributed by atoms with E-state index < -0.39 is 17.7 Å². The van der Waals surface area contributed by atoms with E-state index in [0.29, 0.717) is 0 Å². The normalized spacial score (nSPS) is 13.1. The molecule has 0 aliphatic carbocycles. The lowest BCUT2D eigenvalue weighted by molar-refractivity contribution is -0.125. The largest absolute Gasteiger partial charge is 0.504 e. The standard InChI is InChI=1S/C7H9F3O3/c1-13-3-2-5(11)4-6(12)7(8,9)10/h4,12H,2-3H2,1H3/b6-4+. The Bertz CT molecular complexity index is 208. The van der Waals surface area contributed by atoms with E-state index in [1.165, 1.54) is 7.11 Å². The first-order valence-electron chi connectivity index (χ1n) is 3.37. The van der Waals surface area contributed by atoms with Crippen LogP contribution in [-0.4, -0.2) is 30.8 Å². The topological polar surface area (TPSA) is 46.5 Å². The molecule has 0 bridgehead atoms. The molecule has 0 heterocycles. The molecule has 0 aromatic carbocycles. The van der Waals surface area contributed by atoms with Gasteiger partial charge in [0, 0.05) is 19.6 Å². The van der Waals surface area contributed by atoms with E-state index in [9.17, 15) is 18.0 Å². The van der Waals surface area contributed by atoms with E-state index in [0.717, 1.165) is 0 Å². The van der Waals surface area contributed by atoms with E-state index >= 15 is 0 Å². The van der Waals surface area contributed by atoms with Gasteiger partial charge in [-0.1, -0.05) is 0 Å². The van der Waals surface area contributed by atoms with Crippen LogP contribution in [0.5, 0.6) is 0 Å². The van der Waals surface area contributed by atoms with Gasteiger partial charge in [0.15, 0.2) is 5.78 Å². The van der Waals surface area contributed by atoms with E-state index in [-0.39, 0.29) is 19.1 Å². The minimum Gasteiger partial charge on any atom is -0.504 e. The van der Waals surface area contributed by atoms with Crippen LogP contribution >= 0.6 is 0 Å². The van der Waals surface area contributed by atoms with Crippen LogP contribution in [-0.2, 0) is 9.53 Å². The van der Waals surface area contributed by atoms with Gasteiger partial charge in [-0.3, -0.25) is 4.79 Å². The molecule has 3 nitrogen and oxygen atoms in total. The predicted molar refractivity (Wildman–Crippen MR) is 38.3 cm³/mol. The van der Waals surface area contributed by atoms with Crippen LogP contribution in [0.25, 0.3) is 0 Å². The summed E-state index contributed by atoms with van der Waals surface area (Å²) >= 11 is 0. The van der Waals surface area contributed by atoms with Crippen LogP contribution in [0.2, 0.25) is 0 Å². The second-order valence-electron chi connectivity index (χ2n) is 2.24. The lowest BCUT2D eigenvalue weighted by Crippen LogP contribution is -2.13. The number of carbonyl (C=O) groups excluding carboxylic acids is 1. The fraction of sp³-hybridized carbons (Fsp3) is 0.571. The average molecular weight is 198 g/mol. The van der Waals surface area contributed by atoms with Crippen molar-refractivity contribution < 1.29 is 27.8 Å². The number of ketones is 1. The number of aliphatic hydroxyl groups excluding tert-OH is 1. The first kappa shape index (κ1) is 12.0. The third-order valence-electron chi connectivity index (χ3n) is 1.14. The van der Waals surface area contributed by atoms with Gasteiger partial charge in [-0.05, 0) is 0 Å². The van der Waals surface area contributed by atoms with Crippen molar-refractivity contribution in [2.75, 3.05) is 13.7 Å². The monoisotopic (exact) mass is 198 g/mol. The molecule has 0 saturated heterocycles. The highest BCUT2D eigenvalue weighted by Gasteiger charge is 2.34. The molecular formula is C7H9F3O3. The van der Waals surface area contributed by atoms with Crippen LogP contribution in [0.15, 0.2) is 11.8 Å². The summed E-state index contributed by atoms with van der Waals surface area (Å²) in [6.07, 6.45) is -4.89. The highest BCUT2D eigenvalue weighted by atomic mass is 19.4. The summed E-state index contributed by atoms with van der Waals surface area (Å²) in [6.45, 7) is 0.0282. The van der Waals surface area contributed by atoms with Crippen LogP contribution < -0.4 is 0 Å². The Balaban J connectivity index is 4.15. The molecule has 0 spiro atoms. The van der Waals surface area contributed by atoms with Crippen molar-refractivity contribution in [2.45, 2.75) is 12.6 Å². The Kier molecular flexibility index (Phi) is 4.47. The third-order valence-corrected chi connectivity index (χ3v) is 1.14. The van der Waals surface area contributed by atoms with Crippen molar-refractivity contribution in [3.63, 3.8) is 0 Å². The summed E-state index contributed by atoms with van der Waals surface area (Å²) in [6, 6.07) is 0. The predicted octanol–water partition coefficient (Wildman–Crippen LogP) is 1.60. The first-order valence-corrected chi connectivity index (χ1v) is 3.37. The smallest absolute Gasteiger partial charge is 0.448 e. The van der Waals surface area contributed by atoms with Crippen molar-refractivity contribution in [3.8, 4) is 0 Å². The van der Waals surface area contributed by atoms with E-state index in [4.69, 9.17) is 5.11 Å². The van der Waals surface area contributed by atoms with Crippen molar-refractivity contribution in [2.24, 2.45) is 0 Å². The number of alkyl halides is 3. The average Bonchev–Trinajstić information content (AvgIpc) is 1.99. The number of halogens is 3. The molecule has 0 unspecified atom stereocenters. The Morgan fingerprint density at radius 3 is 2.46 bits per heavy atom. The van der Waals surface area contributed by atoms with Gasteiger partial charge >= 0.3 is 6.18 Å². The van der Waals surface area contributed by atoms with Crippen molar-refractivity contribution in [3.05, 3.63) is 11.8 Å². The van der Waals surface area contributed by atoms with Gasteiger partial charge < -0.3 is 9.84 Å². The fourth-order valence-electron chi connectivity index (χ4n) is 0.509. The molecule has 0 aliphatic heterocycles. The number of ether oxygens (including phenoxy) is 1. The van der Waals surface area contributed by atoms with Gasteiger partial charge in [0.2, 0.25) is 5.76 Å². The first-order chi connectivity index (χ1) is 5.88. The highest BCUT2D eigenvalue weighted by molar-refractivity contribution is 5.90. The molecule has 1 N–H and O–H groups in total. The van der Waals surface area contributed by atoms with E-state index in [1.54, 1.807) is 0 Å². The molecule has 0 amide bonds. The van der Waals surface area contributed by atoms with Gasteiger partial charge in [0.05, 0.1) is 6.61 Å². The van der Waals surface area contributed by atoms with Crippen LogP contribution in [0, 0.1) is 0 Å². The fourth-order valence-corrected chi connectivity index (χ4v) is 0.509. The number of carbonyl (C=O) groups is 1. The van der Waals surface area contributed by atoms with Crippen molar-refractivity contribution in [1.82, 2.24) is 0 Å². The molecule has 0 aliphatic rings. The Labute approximate surface area is 72.8 Å². The molecule has 0 rings (SSSR count).